The molecule has 1 aromatic carbocycles. The van der Waals surface area contributed by atoms with Crippen molar-refractivity contribution in [3.8, 4) is 5.75 Å². The molecule has 0 aliphatic carbocycles. The Morgan fingerprint density at radius 3 is 2.76 bits per heavy atom. The van der Waals surface area contributed by atoms with E-state index in [9.17, 15) is 9.59 Å². The Kier molecular flexibility index (Phi) is 7.31. The lowest BCUT2D eigenvalue weighted by atomic mass is 9.83. The van der Waals surface area contributed by atoms with Crippen LogP contribution >= 0.6 is 11.3 Å². The number of carbonyl (C=O) groups is 2. The number of unbranched alkanes of at least 4 members (excludes halogenated alkanes) is 1. The maximum Gasteiger partial charge on any atom is 0.225 e. The summed E-state index contributed by atoms with van der Waals surface area (Å²) in [7, 11) is 1.63. The van der Waals surface area contributed by atoms with E-state index in [0.717, 1.165) is 29.0 Å². The topological polar surface area (TPSA) is 58.6 Å². The van der Waals surface area contributed by atoms with Crippen LogP contribution in [0.25, 0.3) is 0 Å². The third-order valence-corrected chi connectivity index (χ3v) is 6.49. The quantitative estimate of drug-likeness (QED) is 0.694. The third-order valence-electron chi connectivity index (χ3n) is 5.49. The molecule has 0 bridgehead atoms. The number of hydrogen-bond acceptors (Lipinski definition) is 4. The monoisotopic (exact) mass is 414 g/mol. The molecule has 2 heterocycles. The number of piperidine rings is 1. The number of methoxy groups -OCH3 is 1. The van der Waals surface area contributed by atoms with Gasteiger partial charge in [0.1, 0.15) is 5.75 Å². The Hall–Kier alpha value is -2.34. The summed E-state index contributed by atoms with van der Waals surface area (Å²) >= 11 is 1.69. The van der Waals surface area contributed by atoms with Crippen LogP contribution in [0.5, 0.6) is 5.75 Å². The lowest BCUT2D eigenvalue weighted by Gasteiger charge is -2.41. The molecule has 156 valence electrons. The number of likely N-dealkylation sites (tertiary alicyclic amines) is 1. The van der Waals surface area contributed by atoms with E-state index in [0.29, 0.717) is 25.9 Å². The molecule has 0 spiro atoms. The molecular formula is C23H30N2O3S. The maximum absolute atomic E-state index is 13.2. The van der Waals surface area contributed by atoms with Gasteiger partial charge in [-0.3, -0.25) is 9.59 Å². The summed E-state index contributed by atoms with van der Waals surface area (Å²) in [5, 5.41) is 3.10. The highest BCUT2D eigenvalue weighted by atomic mass is 32.1. The van der Waals surface area contributed by atoms with E-state index < -0.39 is 0 Å². The molecule has 6 heteroatoms. The first-order valence-corrected chi connectivity index (χ1v) is 11.1. The normalized spacial score (nSPS) is 19.3. The summed E-state index contributed by atoms with van der Waals surface area (Å²) < 4.78 is 5.58. The number of hydrogen-bond donors (Lipinski definition) is 1. The van der Waals surface area contributed by atoms with E-state index in [4.69, 9.17) is 4.74 Å². The number of carbonyl (C=O) groups excluding carboxylic acids is 2. The van der Waals surface area contributed by atoms with Crippen LogP contribution in [0.15, 0.2) is 36.4 Å². The number of nitrogens with zero attached hydrogens (tertiary/aromatic N) is 1. The molecule has 1 N–H and O–H groups in total. The zero-order chi connectivity index (χ0) is 20.8. The van der Waals surface area contributed by atoms with Crippen LogP contribution in [-0.4, -0.2) is 30.4 Å². The van der Waals surface area contributed by atoms with Crippen LogP contribution in [0.3, 0.4) is 0 Å². The fourth-order valence-corrected chi connectivity index (χ4v) is 4.83. The molecule has 0 saturated carbocycles. The first-order valence-electron chi connectivity index (χ1n) is 10.3. The summed E-state index contributed by atoms with van der Waals surface area (Å²) in [5.74, 6) is 0.551. The Morgan fingerprint density at radius 1 is 1.28 bits per heavy atom. The minimum atomic E-state index is -0.302. The molecule has 2 atom stereocenters. The number of thiophene rings is 1. The predicted octanol–water partition coefficient (Wildman–Crippen LogP) is 4.46. The molecule has 29 heavy (non-hydrogen) atoms. The fraction of sp³-hybridized carbons (Fsp3) is 0.478. The van der Waals surface area contributed by atoms with E-state index in [1.165, 1.54) is 4.88 Å². The maximum atomic E-state index is 13.2. The van der Waals surface area contributed by atoms with Gasteiger partial charge >= 0.3 is 0 Å². The molecule has 1 aliphatic rings. The molecule has 0 radical (unpaired) electrons. The van der Waals surface area contributed by atoms with Crippen LogP contribution in [-0.2, 0) is 16.1 Å². The van der Waals surface area contributed by atoms with Gasteiger partial charge in [0, 0.05) is 28.3 Å². The molecule has 2 unspecified atom stereocenters. The van der Waals surface area contributed by atoms with Crippen molar-refractivity contribution in [2.45, 2.75) is 52.1 Å². The van der Waals surface area contributed by atoms with Gasteiger partial charge in [0.2, 0.25) is 11.8 Å². The third kappa shape index (κ3) is 4.99. The van der Waals surface area contributed by atoms with Crippen molar-refractivity contribution in [1.82, 2.24) is 10.2 Å². The number of benzene rings is 1. The molecule has 3 rings (SSSR count). The van der Waals surface area contributed by atoms with Gasteiger partial charge in [-0.15, -0.1) is 11.3 Å². The highest BCUT2D eigenvalue weighted by Crippen LogP contribution is 2.40. The fourth-order valence-electron chi connectivity index (χ4n) is 4.00. The minimum absolute atomic E-state index is 0.000887. The Bertz CT molecular complexity index is 848. The number of rotatable bonds is 8. The van der Waals surface area contributed by atoms with Gasteiger partial charge in [0.15, 0.2) is 0 Å². The average molecular weight is 415 g/mol. The van der Waals surface area contributed by atoms with E-state index in [1.807, 2.05) is 29.2 Å². The molecule has 2 amide bonds. The molecule has 1 saturated heterocycles. The SMILES string of the molecule is CCCCN1C(=O)CCC(C(=O)NCc2ccc(C)s2)C1c1ccccc1OC. The highest BCUT2D eigenvalue weighted by molar-refractivity contribution is 7.11. The Balaban J connectivity index is 1.87. The van der Waals surface area contributed by atoms with Crippen LogP contribution in [0.4, 0.5) is 0 Å². The number of para-hydroxylation sites is 1. The second kappa shape index (κ2) is 9.92. The van der Waals surface area contributed by atoms with Crippen molar-refractivity contribution in [1.29, 1.82) is 0 Å². The molecule has 1 aromatic heterocycles. The van der Waals surface area contributed by atoms with E-state index >= 15 is 0 Å². The molecular weight excluding hydrogens is 384 g/mol. The van der Waals surface area contributed by atoms with Crippen molar-refractivity contribution in [2.24, 2.45) is 5.92 Å². The molecule has 1 aliphatic heterocycles. The number of aryl methyl sites for hydroxylation is 1. The number of amides is 2. The predicted molar refractivity (Wildman–Crippen MR) is 116 cm³/mol. The van der Waals surface area contributed by atoms with Gasteiger partial charge in [-0.1, -0.05) is 31.5 Å². The van der Waals surface area contributed by atoms with Crippen LogP contribution in [0.2, 0.25) is 0 Å². The average Bonchev–Trinajstić information content (AvgIpc) is 3.16. The summed E-state index contributed by atoms with van der Waals surface area (Å²) in [6.45, 7) is 5.35. The van der Waals surface area contributed by atoms with Gasteiger partial charge < -0.3 is 15.0 Å². The van der Waals surface area contributed by atoms with Crippen LogP contribution < -0.4 is 10.1 Å². The van der Waals surface area contributed by atoms with E-state index in [1.54, 1.807) is 18.4 Å². The van der Waals surface area contributed by atoms with Crippen molar-refractivity contribution >= 4 is 23.2 Å². The van der Waals surface area contributed by atoms with E-state index in [2.05, 4.69) is 31.3 Å². The standard InChI is InChI=1S/C23H30N2O3S/c1-4-5-14-25-21(26)13-12-19(22(25)18-8-6-7-9-20(18)28-3)23(27)24-15-17-11-10-16(2)29-17/h6-11,19,22H,4-5,12-15H2,1-3H3,(H,24,27). The van der Waals surface area contributed by atoms with Gasteiger partial charge in [0.25, 0.3) is 0 Å². The van der Waals surface area contributed by atoms with Gasteiger partial charge in [-0.2, -0.15) is 0 Å². The van der Waals surface area contributed by atoms with Gasteiger partial charge in [-0.05, 0) is 38.0 Å². The Labute approximate surface area is 177 Å². The molecule has 2 aromatic rings. The van der Waals surface area contributed by atoms with Gasteiger partial charge in [-0.25, -0.2) is 0 Å². The smallest absolute Gasteiger partial charge is 0.225 e. The largest absolute Gasteiger partial charge is 0.496 e. The highest BCUT2D eigenvalue weighted by Gasteiger charge is 2.41. The first kappa shape index (κ1) is 21.4. The second-order valence-electron chi connectivity index (χ2n) is 7.50. The zero-order valence-electron chi connectivity index (χ0n) is 17.4. The zero-order valence-corrected chi connectivity index (χ0v) is 18.3. The van der Waals surface area contributed by atoms with Crippen molar-refractivity contribution in [3.05, 3.63) is 51.7 Å². The molecule has 1 fully saturated rings. The lowest BCUT2D eigenvalue weighted by Crippen LogP contribution is -2.48. The van der Waals surface area contributed by atoms with Crippen LogP contribution in [0.1, 0.15) is 54.0 Å². The van der Waals surface area contributed by atoms with Gasteiger partial charge in [0.05, 0.1) is 25.6 Å². The summed E-state index contributed by atoms with van der Waals surface area (Å²) in [6.07, 6.45) is 2.88. The summed E-state index contributed by atoms with van der Waals surface area (Å²) in [6, 6.07) is 11.5. The molecule has 5 nitrogen and oxygen atoms in total. The number of nitrogens with one attached hydrogen (secondary N) is 1. The summed E-state index contributed by atoms with van der Waals surface area (Å²) in [4.78, 5) is 30.3. The second-order valence-corrected chi connectivity index (χ2v) is 8.88. The van der Waals surface area contributed by atoms with Crippen molar-refractivity contribution in [2.75, 3.05) is 13.7 Å². The number of ether oxygens (including phenoxy) is 1. The summed E-state index contributed by atoms with van der Waals surface area (Å²) in [5.41, 5.74) is 0.909. The van der Waals surface area contributed by atoms with Crippen molar-refractivity contribution < 1.29 is 14.3 Å². The van der Waals surface area contributed by atoms with E-state index in [-0.39, 0.29) is 23.8 Å². The minimum Gasteiger partial charge on any atom is -0.496 e. The van der Waals surface area contributed by atoms with Crippen LogP contribution in [0, 0.1) is 12.8 Å². The Morgan fingerprint density at radius 2 is 2.07 bits per heavy atom. The van der Waals surface area contributed by atoms with Crippen molar-refractivity contribution in [3.63, 3.8) is 0 Å². The lowest BCUT2D eigenvalue weighted by molar-refractivity contribution is -0.143. The first-order chi connectivity index (χ1) is 14.0.